The number of hydrogen-bond acceptors (Lipinski definition) is 9. The summed E-state index contributed by atoms with van der Waals surface area (Å²) in [6.07, 6.45) is 1.73. The third-order valence-electron chi connectivity index (χ3n) is 2.89. The molecule has 3 heterocycles. The Morgan fingerprint density at radius 1 is 1.00 bits per heavy atom. The zero-order valence-corrected chi connectivity index (χ0v) is 13.5. The number of benzene rings is 1. The lowest BCUT2D eigenvalue weighted by Gasteiger charge is -2.13. The van der Waals surface area contributed by atoms with Crippen LogP contribution in [0.2, 0.25) is 0 Å². The van der Waals surface area contributed by atoms with Crippen molar-refractivity contribution in [1.29, 1.82) is 0 Å². The monoisotopic (exact) mass is 344 g/mol. The highest BCUT2D eigenvalue weighted by Gasteiger charge is 2.40. The number of aromatic nitrogens is 2. The normalized spacial score (nSPS) is 15.5. The summed E-state index contributed by atoms with van der Waals surface area (Å²) in [7, 11) is 0. The standard InChI is InChI=1S/C13H8N6S3/c1-2-4-9(5-3-1)10-8-21-12(15-10)22-13(16-18-19-17-13)11-14-6-7-20-11/h1-8H. The highest BCUT2D eigenvalue weighted by Crippen LogP contribution is 2.48. The van der Waals surface area contributed by atoms with Crippen molar-refractivity contribution < 1.29 is 0 Å². The van der Waals surface area contributed by atoms with Gasteiger partial charge >= 0.3 is 0 Å². The summed E-state index contributed by atoms with van der Waals surface area (Å²) in [5.41, 5.74) is 2.03. The molecule has 0 aliphatic carbocycles. The molecule has 0 amide bonds. The van der Waals surface area contributed by atoms with Gasteiger partial charge in [-0.15, -0.1) is 32.9 Å². The largest absolute Gasteiger partial charge is 0.297 e. The SMILES string of the molecule is c1ccc(-c2csc(SC3(c4nccs4)N=NN=N3)n2)cc1. The molecule has 0 fully saturated rings. The van der Waals surface area contributed by atoms with Crippen molar-refractivity contribution in [2.45, 2.75) is 9.33 Å². The van der Waals surface area contributed by atoms with E-state index in [1.807, 2.05) is 41.1 Å². The van der Waals surface area contributed by atoms with Crippen molar-refractivity contribution in [3.05, 3.63) is 52.3 Å². The minimum Gasteiger partial charge on any atom is -0.244 e. The van der Waals surface area contributed by atoms with Crippen molar-refractivity contribution in [2.75, 3.05) is 0 Å². The van der Waals surface area contributed by atoms with Gasteiger partial charge in [0.05, 0.1) is 5.69 Å². The summed E-state index contributed by atoms with van der Waals surface area (Å²) in [6, 6.07) is 10.1. The van der Waals surface area contributed by atoms with Gasteiger partial charge in [-0.3, -0.25) is 0 Å². The fourth-order valence-electron chi connectivity index (χ4n) is 1.90. The first-order valence-corrected chi connectivity index (χ1v) is 8.87. The Balaban J connectivity index is 1.65. The van der Waals surface area contributed by atoms with E-state index in [4.69, 9.17) is 0 Å². The third-order valence-corrected chi connectivity index (χ3v) is 5.97. The average Bonchev–Trinajstić information content (AvgIpc) is 3.30. The molecule has 22 heavy (non-hydrogen) atoms. The zero-order chi connectivity index (χ0) is 14.8. The first-order valence-electron chi connectivity index (χ1n) is 6.30. The van der Waals surface area contributed by atoms with Crippen LogP contribution in [0.5, 0.6) is 0 Å². The molecule has 1 aromatic carbocycles. The van der Waals surface area contributed by atoms with Crippen LogP contribution >= 0.6 is 34.4 Å². The van der Waals surface area contributed by atoms with E-state index >= 15 is 0 Å². The Kier molecular flexibility index (Phi) is 3.53. The zero-order valence-electron chi connectivity index (χ0n) is 11.0. The molecule has 6 nitrogen and oxygen atoms in total. The van der Waals surface area contributed by atoms with E-state index in [2.05, 4.69) is 30.6 Å². The topological polar surface area (TPSA) is 75.2 Å². The van der Waals surface area contributed by atoms with Gasteiger partial charge in [0.2, 0.25) is 0 Å². The number of thiazole rings is 2. The Bertz CT molecular complexity index is 813. The second-order valence-corrected chi connectivity index (χ2v) is 7.46. The quantitative estimate of drug-likeness (QED) is 0.668. The van der Waals surface area contributed by atoms with Crippen molar-refractivity contribution >= 4 is 34.4 Å². The fraction of sp³-hybridized carbons (Fsp3) is 0.0769. The molecule has 0 saturated heterocycles. The van der Waals surface area contributed by atoms with Crippen LogP contribution < -0.4 is 0 Å². The van der Waals surface area contributed by atoms with Gasteiger partial charge in [-0.05, 0) is 22.2 Å². The van der Waals surface area contributed by atoms with Gasteiger partial charge in [-0.25, -0.2) is 9.97 Å². The molecule has 1 aliphatic rings. The molecular formula is C13H8N6S3. The molecule has 0 spiro atoms. The van der Waals surface area contributed by atoms with Crippen LogP contribution in [0.3, 0.4) is 0 Å². The molecule has 0 radical (unpaired) electrons. The molecule has 108 valence electrons. The van der Waals surface area contributed by atoms with Crippen molar-refractivity contribution in [2.24, 2.45) is 20.7 Å². The molecule has 3 aromatic rings. The van der Waals surface area contributed by atoms with E-state index in [9.17, 15) is 0 Å². The summed E-state index contributed by atoms with van der Waals surface area (Å²) >= 11 is 4.44. The Hall–Kier alpha value is -1.97. The molecule has 0 atom stereocenters. The summed E-state index contributed by atoms with van der Waals surface area (Å²) in [5.74, 6) is 0. The highest BCUT2D eigenvalue weighted by atomic mass is 32.2. The van der Waals surface area contributed by atoms with Crippen LogP contribution in [0, 0.1) is 0 Å². The van der Waals surface area contributed by atoms with Crippen LogP contribution in [0.25, 0.3) is 11.3 Å². The second-order valence-electron chi connectivity index (χ2n) is 4.29. The van der Waals surface area contributed by atoms with Gasteiger partial charge in [0.1, 0.15) is 0 Å². The van der Waals surface area contributed by atoms with Crippen LogP contribution in [0.15, 0.2) is 72.3 Å². The molecule has 0 bridgehead atoms. The van der Waals surface area contributed by atoms with Gasteiger partial charge in [0.15, 0.2) is 9.35 Å². The van der Waals surface area contributed by atoms with E-state index in [0.29, 0.717) is 0 Å². The first kappa shape index (κ1) is 13.7. The predicted molar refractivity (Wildman–Crippen MR) is 86.9 cm³/mol. The van der Waals surface area contributed by atoms with Gasteiger partial charge in [0, 0.05) is 22.5 Å². The van der Waals surface area contributed by atoms with E-state index in [-0.39, 0.29) is 0 Å². The van der Waals surface area contributed by atoms with Crippen LogP contribution in [0.1, 0.15) is 5.01 Å². The van der Waals surface area contributed by atoms with Gasteiger partial charge in [0.25, 0.3) is 4.99 Å². The molecule has 4 rings (SSSR count). The molecular weight excluding hydrogens is 336 g/mol. The lowest BCUT2D eigenvalue weighted by molar-refractivity contribution is 0.682. The lowest BCUT2D eigenvalue weighted by Crippen LogP contribution is -2.12. The third kappa shape index (κ3) is 2.47. The molecule has 9 heteroatoms. The van der Waals surface area contributed by atoms with Crippen molar-refractivity contribution in [3.63, 3.8) is 0 Å². The van der Waals surface area contributed by atoms with Gasteiger partial charge < -0.3 is 0 Å². The van der Waals surface area contributed by atoms with Gasteiger partial charge in [-0.1, -0.05) is 30.3 Å². The summed E-state index contributed by atoms with van der Waals surface area (Å²) in [4.78, 5) is 8.02. The minimum absolute atomic E-state index is 0.749. The lowest BCUT2D eigenvalue weighted by atomic mass is 10.2. The molecule has 0 saturated carbocycles. The van der Waals surface area contributed by atoms with Crippen LogP contribution in [-0.4, -0.2) is 9.97 Å². The summed E-state index contributed by atoms with van der Waals surface area (Å²) in [6.45, 7) is 0. The smallest absolute Gasteiger partial charge is 0.244 e. The maximum Gasteiger partial charge on any atom is 0.297 e. The van der Waals surface area contributed by atoms with E-state index in [0.717, 1.165) is 20.6 Å². The molecule has 0 N–H and O–H groups in total. The van der Waals surface area contributed by atoms with Gasteiger partial charge in [-0.2, -0.15) is 0 Å². The number of nitrogens with zero attached hydrogens (tertiary/aromatic N) is 6. The van der Waals surface area contributed by atoms with Crippen molar-refractivity contribution in [3.8, 4) is 11.3 Å². The number of hydrogen-bond donors (Lipinski definition) is 0. The summed E-state index contributed by atoms with van der Waals surface area (Å²) in [5, 5.41) is 20.3. The molecule has 0 unspecified atom stereocenters. The average molecular weight is 344 g/mol. The minimum atomic E-state index is -0.931. The second kappa shape index (κ2) is 5.67. The maximum atomic E-state index is 4.65. The maximum absolute atomic E-state index is 4.65. The highest BCUT2D eigenvalue weighted by molar-refractivity contribution is 8.02. The molecule has 2 aromatic heterocycles. The molecule has 1 aliphatic heterocycles. The summed E-state index contributed by atoms with van der Waals surface area (Å²) < 4.78 is 0.855. The first-order chi connectivity index (χ1) is 10.9. The van der Waals surface area contributed by atoms with E-state index in [1.165, 1.54) is 23.1 Å². The fourth-order valence-corrected chi connectivity index (χ4v) is 4.70. The number of thioether (sulfide) groups is 1. The Labute approximate surface area is 138 Å². The van der Waals surface area contributed by atoms with Crippen LogP contribution in [0.4, 0.5) is 0 Å². The predicted octanol–water partition coefficient (Wildman–Crippen LogP) is 5.00. The Morgan fingerprint density at radius 3 is 2.55 bits per heavy atom. The number of rotatable bonds is 4. The van der Waals surface area contributed by atoms with Crippen molar-refractivity contribution in [1.82, 2.24) is 9.97 Å². The van der Waals surface area contributed by atoms with Crippen LogP contribution in [-0.2, 0) is 4.99 Å². The Morgan fingerprint density at radius 2 is 1.82 bits per heavy atom. The van der Waals surface area contributed by atoms with E-state index in [1.54, 1.807) is 17.5 Å². The van der Waals surface area contributed by atoms with E-state index < -0.39 is 4.99 Å².